The number of aryl methyl sites for hydroxylation is 1. The molecule has 2 atom stereocenters. The molecule has 0 radical (unpaired) electrons. The van der Waals surface area contributed by atoms with Crippen LogP contribution in [0.15, 0.2) is 18.2 Å². The fourth-order valence-corrected chi connectivity index (χ4v) is 4.89. The molecular weight excluding hydrogens is 289 g/mol. The maximum atomic E-state index is 13.6. The van der Waals surface area contributed by atoms with Crippen molar-refractivity contribution >= 4 is 9.84 Å². The summed E-state index contributed by atoms with van der Waals surface area (Å²) in [5, 5.41) is 3.43. The Hall–Kier alpha value is -0.940. The molecule has 21 heavy (non-hydrogen) atoms. The Kier molecular flexibility index (Phi) is 5.38. The van der Waals surface area contributed by atoms with Crippen LogP contribution in [0, 0.1) is 18.7 Å². The molecule has 1 heterocycles. The molecule has 1 saturated heterocycles. The Bertz CT molecular complexity index is 566. The Balaban J connectivity index is 2.14. The summed E-state index contributed by atoms with van der Waals surface area (Å²) in [5.74, 6) is 0.506. The summed E-state index contributed by atoms with van der Waals surface area (Å²) < 4.78 is 36.8. The summed E-state index contributed by atoms with van der Waals surface area (Å²) in [6.45, 7) is 4.81. The molecule has 0 aromatic heterocycles. The van der Waals surface area contributed by atoms with Crippen LogP contribution in [-0.2, 0) is 9.84 Å². The summed E-state index contributed by atoms with van der Waals surface area (Å²) in [6.07, 6.45) is 2.47. The van der Waals surface area contributed by atoms with E-state index in [1.165, 1.54) is 6.07 Å². The summed E-state index contributed by atoms with van der Waals surface area (Å²) >= 11 is 0. The van der Waals surface area contributed by atoms with Crippen LogP contribution in [0.5, 0.6) is 0 Å². The molecule has 1 aromatic carbocycles. The number of benzene rings is 1. The molecule has 1 aliphatic rings. The van der Waals surface area contributed by atoms with Gasteiger partial charge in [0, 0.05) is 6.04 Å². The lowest BCUT2D eigenvalue weighted by Gasteiger charge is -2.22. The van der Waals surface area contributed by atoms with E-state index in [9.17, 15) is 12.8 Å². The van der Waals surface area contributed by atoms with Crippen LogP contribution in [-0.4, -0.2) is 26.5 Å². The normalized spacial score (nSPS) is 22.3. The molecule has 0 amide bonds. The minimum atomic E-state index is -2.86. The molecule has 1 N–H and O–H groups in total. The van der Waals surface area contributed by atoms with Crippen LogP contribution >= 0.6 is 0 Å². The molecule has 1 aliphatic heterocycles. The first-order valence-electron chi connectivity index (χ1n) is 7.60. The number of halogens is 1. The Morgan fingerprint density at radius 3 is 2.71 bits per heavy atom. The number of rotatable bonds is 6. The monoisotopic (exact) mass is 313 g/mol. The highest BCUT2D eigenvalue weighted by Gasteiger charge is 2.30. The lowest BCUT2D eigenvalue weighted by atomic mass is 9.93. The molecule has 1 aromatic rings. The van der Waals surface area contributed by atoms with Gasteiger partial charge in [-0.05, 0) is 61.9 Å². The highest BCUT2D eigenvalue weighted by Crippen LogP contribution is 2.29. The molecule has 0 saturated carbocycles. The molecule has 0 aliphatic carbocycles. The topological polar surface area (TPSA) is 46.2 Å². The first kappa shape index (κ1) is 16.4. The Morgan fingerprint density at radius 1 is 1.38 bits per heavy atom. The van der Waals surface area contributed by atoms with Gasteiger partial charge in [-0.1, -0.05) is 13.0 Å². The van der Waals surface area contributed by atoms with Crippen molar-refractivity contribution in [3.8, 4) is 0 Å². The summed E-state index contributed by atoms with van der Waals surface area (Å²) in [6, 6.07) is 5.09. The average molecular weight is 313 g/mol. The van der Waals surface area contributed by atoms with Crippen molar-refractivity contribution in [3.63, 3.8) is 0 Å². The van der Waals surface area contributed by atoms with Gasteiger partial charge in [0.2, 0.25) is 0 Å². The van der Waals surface area contributed by atoms with Gasteiger partial charge in [-0.25, -0.2) is 12.8 Å². The fourth-order valence-electron chi connectivity index (χ4n) is 3.01. The molecular formula is C16H24FNO2S. The van der Waals surface area contributed by atoms with E-state index in [0.717, 1.165) is 36.9 Å². The van der Waals surface area contributed by atoms with E-state index in [2.05, 4.69) is 12.2 Å². The minimum absolute atomic E-state index is 0.0256. The van der Waals surface area contributed by atoms with E-state index < -0.39 is 9.84 Å². The van der Waals surface area contributed by atoms with Crippen LogP contribution in [0.3, 0.4) is 0 Å². The maximum absolute atomic E-state index is 13.6. The third-order valence-corrected chi connectivity index (χ3v) is 5.84. The average Bonchev–Trinajstić information content (AvgIpc) is 2.72. The van der Waals surface area contributed by atoms with E-state index in [4.69, 9.17) is 0 Å². The van der Waals surface area contributed by atoms with Crippen LogP contribution in [0.2, 0.25) is 0 Å². The summed E-state index contributed by atoms with van der Waals surface area (Å²) in [7, 11) is -2.86. The van der Waals surface area contributed by atoms with E-state index in [1.54, 1.807) is 6.07 Å². The minimum Gasteiger partial charge on any atom is -0.310 e. The standard InChI is InChI=1S/C16H24FNO2S/c1-3-5-18-16(9-13-4-6-21(19,20)11-13)14-7-12(2)8-15(17)10-14/h7-8,10,13,16,18H,3-6,9,11H2,1-2H3. The van der Waals surface area contributed by atoms with Gasteiger partial charge in [0.1, 0.15) is 5.82 Å². The first-order chi connectivity index (χ1) is 9.89. The van der Waals surface area contributed by atoms with Crippen molar-refractivity contribution in [1.82, 2.24) is 5.32 Å². The number of sulfone groups is 1. The second-order valence-corrected chi connectivity index (χ2v) is 8.30. The van der Waals surface area contributed by atoms with Gasteiger partial charge in [-0.2, -0.15) is 0 Å². The van der Waals surface area contributed by atoms with Crippen LogP contribution in [0.4, 0.5) is 4.39 Å². The van der Waals surface area contributed by atoms with Crippen LogP contribution in [0.1, 0.15) is 43.4 Å². The molecule has 0 spiro atoms. The lowest BCUT2D eigenvalue weighted by molar-refractivity contribution is 0.413. The zero-order valence-electron chi connectivity index (χ0n) is 12.7. The molecule has 5 heteroatoms. The van der Waals surface area contributed by atoms with Crippen LogP contribution in [0.25, 0.3) is 0 Å². The second kappa shape index (κ2) is 6.88. The van der Waals surface area contributed by atoms with Crippen molar-refractivity contribution < 1.29 is 12.8 Å². The van der Waals surface area contributed by atoms with E-state index in [-0.39, 0.29) is 23.5 Å². The Labute approximate surface area is 126 Å². The predicted octanol–water partition coefficient (Wildman–Crippen LogP) is 3.00. The van der Waals surface area contributed by atoms with E-state index >= 15 is 0 Å². The van der Waals surface area contributed by atoms with Crippen molar-refractivity contribution in [3.05, 3.63) is 35.1 Å². The molecule has 0 bridgehead atoms. The molecule has 3 nitrogen and oxygen atoms in total. The number of nitrogens with one attached hydrogen (secondary N) is 1. The smallest absolute Gasteiger partial charge is 0.150 e. The lowest BCUT2D eigenvalue weighted by Crippen LogP contribution is -2.25. The zero-order valence-corrected chi connectivity index (χ0v) is 13.5. The first-order valence-corrected chi connectivity index (χ1v) is 9.42. The van der Waals surface area contributed by atoms with Gasteiger partial charge in [0.15, 0.2) is 9.84 Å². The van der Waals surface area contributed by atoms with Gasteiger partial charge in [0.05, 0.1) is 11.5 Å². The van der Waals surface area contributed by atoms with Crippen LogP contribution < -0.4 is 5.32 Å². The largest absolute Gasteiger partial charge is 0.310 e. The zero-order chi connectivity index (χ0) is 15.5. The molecule has 1 fully saturated rings. The van der Waals surface area contributed by atoms with Crippen molar-refractivity contribution in [2.24, 2.45) is 5.92 Å². The van der Waals surface area contributed by atoms with Crippen molar-refractivity contribution in [2.75, 3.05) is 18.1 Å². The predicted molar refractivity (Wildman–Crippen MR) is 83.5 cm³/mol. The van der Waals surface area contributed by atoms with Crippen molar-refractivity contribution in [1.29, 1.82) is 0 Å². The number of hydrogen-bond acceptors (Lipinski definition) is 3. The van der Waals surface area contributed by atoms with Gasteiger partial charge in [-0.3, -0.25) is 0 Å². The summed E-state index contributed by atoms with van der Waals surface area (Å²) in [4.78, 5) is 0. The van der Waals surface area contributed by atoms with Crippen molar-refractivity contribution in [2.45, 2.75) is 39.2 Å². The van der Waals surface area contributed by atoms with Gasteiger partial charge in [-0.15, -0.1) is 0 Å². The molecule has 118 valence electrons. The third-order valence-electron chi connectivity index (χ3n) is 4.00. The fraction of sp³-hybridized carbons (Fsp3) is 0.625. The van der Waals surface area contributed by atoms with Gasteiger partial charge >= 0.3 is 0 Å². The third kappa shape index (κ3) is 4.78. The Morgan fingerprint density at radius 2 is 2.14 bits per heavy atom. The second-order valence-electron chi connectivity index (χ2n) is 6.07. The van der Waals surface area contributed by atoms with E-state index in [0.29, 0.717) is 5.75 Å². The summed E-state index contributed by atoms with van der Waals surface area (Å²) in [5.41, 5.74) is 1.82. The molecule has 2 unspecified atom stereocenters. The van der Waals surface area contributed by atoms with Gasteiger partial charge < -0.3 is 5.32 Å². The quantitative estimate of drug-likeness (QED) is 0.878. The highest BCUT2D eigenvalue weighted by molar-refractivity contribution is 7.91. The van der Waals surface area contributed by atoms with Gasteiger partial charge in [0.25, 0.3) is 0 Å². The van der Waals surface area contributed by atoms with E-state index in [1.807, 2.05) is 13.0 Å². The number of hydrogen-bond donors (Lipinski definition) is 1. The maximum Gasteiger partial charge on any atom is 0.150 e. The molecule has 2 rings (SSSR count). The highest BCUT2D eigenvalue weighted by atomic mass is 32.2. The SMILES string of the molecule is CCCNC(CC1CCS(=O)(=O)C1)c1cc(C)cc(F)c1.